The fourth-order valence-electron chi connectivity index (χ4n) is 2.38. The van der Waals surface area contributed by atoms with E-state index in [0.29, 0.717) is 25.9 Å². The van der Waals surface area contributed by atoms with Crippen LogP contribution < -0.4 is 4.72 Å². The van der Waals surface area contributed by atoms with Crippen LogP contribution in [0.1, 0.15) is 58.8 Å². The highest BCUT2D eigenvalue weighted by molar-refractivity contribution is 7.89. The van der Waals surface area contributed by atoms with Crippen LogP contribution >= 0.6 is 0 Å². The van der Waals surface area contributed by atoms with Gasteiger partial charge in [0, 0.05) is 25.6 Å². The molecule has 0 radical (unpaired) electrons. The van der Waals surface area contributed by atoms with Crippen LogP contribution in [0.25, 0.3) is 0 Å². The first-order valence-corrected chi connectivity index (χ1v) is 9.41. The Morgan fingerprint density at radius 3 is 2.30 bits per heavy atom. The SMILES string of the molecule is CCCCC(=O)N1CCC(NS(=O)(=O)CCCC)CC1. The van der Waals surface area contributed by atoms with Gasteiger partial charge in [-0.05, 0) is 25.7 Å². The summed E-state index contributed by atoms with van der Waals surface area (Å²) in [6.07, 6.45) is 5.60. The molecule has 0 atom stereocenters. The molecule has 0 spiro atoms. The number of likely N-dealkylation sites (tertiary alicyclic amines) is 1. The number of hydrogen-bond donors (Lipinski definition) is 1. The summed E-state index contributed by atoms with van der Waals surface area (Å²) < 4.78 is 26.4. The number of rotatable bonds is 8. The third-order valence-corrected chi connectivity index (χ3v) is 5.22. The zero-order chi connectivity index (χ0) is 15.0. The van der Waals surface area contributed by atoms with E-state index in [1.54, 1.807) is 0 Å². The van der Waals surface area contributed by atoms with E-state index in [1.165, 1.54) is 0 Å². The fraction of sp³-hybridized carbons (Fsp3) is 0.929. The second kappa shape index (κ2) is 8.62. The smallest absolute Gasteiger partial charge is 0.222 e. The summed E-state index contributed by atoms with van der Waals surface area (Å²) in [7, 11) is -3.15. The maximum Gasteiger partial charge on any atom is 0.222 e. The van der Waals surface area contributed by atoms with Gasteiger partial charge in [-0.15, -0.1) is 0 Å². The Labute approximate surface area is 123 Å². The molecule has 1 N–H and O–H groups in total. The van der Waals surface area contributed by atoms with Crippen molar-refractivity contribution in [1.29, 1.82) is 0 Å². The van der Waals surface area contributed by atoms with Crippen LogP contribution in [0.4, 0.5) is 0 Å². The van der Waals surface area contributed by atoms with Crippen LogP contribution in [-0.2, 0) is 14.8 Å². The molecular weight excluding hydrogens is 276 g/mol. The standard InChI is InChI=1S/C14H28N2O3S/c1-3-5-7-14(17)16-10-8-13(9-11-16)15-20(18,19)12-6-4-2/h13,15H,3-12H2,1-2H3. The number of hydrogen-bond acceptors (Lipinski definition) is 3. The molecule has 6 heteroatoms. The Balaban J connectivity index is 2.33. The number of unbranched alkanes of at least 4 members (excludes halogenated alkanes) is 2. The summed E-state index contributed by atoms with van der Waals surface area (Å²) in [5.41, 5.74) is 0. The van der Waals surface area contributed by atoms with Crippen LogP contribution in [0, 0.1) is 0 Å². The average Bonchev–Trinajstić information content (AvgIpc) is 2.43. The zero-order valence-corrected chi connectivity index (χ0v) is 13.5. The number of sulfonamides is 1. The Morgan fingerprint density at radius 1 is 1.15 bits per heavy atom. The monoisotopic (exact) mass is 304 g/mol. The summed E-state index contributed by atoms with van der Waals surface area (Å²) in [5.74, 6) is 0.415. The van der Waals surface area contributed by atoms with Crippen molar-refractivity contribution in [1.82, 2.24) is 9.62 Å². The molecule has 1 aliphatic heterocycles. The van der Waals surface area contributed by atoms with Gasteiger partial charge >= 0.3 is 0 Å². The molecule has 5 nitrogen and oxygen atoms in total. The third-order valence-electron chi connectivity index (χ3n) is 3.70. The Bertz CT molecular complexity index is 387. The Kier molecular flexibility index (Phi) is 7.51. The first kappa shape index (κ1) is 17.4. The van der Waals surface area contributed by atoms with Crippen LogP contribution in [0.5, 0.6) is 0 Å². The van der Waals surface area contributed by atoms with E-state index in [0.717, 1.165) is 32.1 Å². The molecule has 1 amide bonds. The van der Waals surface area contributed by atoms with Gasteiger partial charge in [0.25, 0.3) is 0 Å². The molecule has 1 heterocycles. The van der Waals surface area contributed by atoms with E-state index < -0.39 is 10.0 Å². The molecule has 0 saturated carbocycles. The van der Waals surface area contributed by atoms with Crippen molar-refractivity contribution in [2.24, 2.45) is 0 Å². The molecule has 1 rings (SSSR count). The number of carbonyl (C=O) groups excluding carboxylic acids is 1. The fourth-order valence-corrected chi connectivity index (χ4v) is 3.91. The van der Waals surface area contributed by atoms with Crippen molar-refractivity contribution in [2.45, 2.75) is 64.8 Å². The summed E-state index contributed by atoms with van der Waals surface area (Å²) in [6, 6.07) is -0.00733. The van der Waals surface area contributed by atoms with E-state index >= 15 is 0 Å². The lowest BCUT2D eigenvalue weighted by Gasteiger charge is -2.32. The summed E-state index contributed by atoms with van der Waals surface area (Å²) in [5, 5.41) is 0. The summed E-state index contributed by atoms with van der Waals surface area (Å²) in [4.78, 5) is 13.7. The molecule has 20 heavy (non-hydrogen) atoms. The van der Waals surface area contributed by atoms with Crippen molar-refractivity contribution in [3.8, 4) is 0 Å². The molecule has 0 bridgehead atoms. The molecule has 0 aromatic heterocycles. The van der Waals surface area contributed by atoms with Gasteiger partial charge in [0.05, 0.1) is 5.75 Å². The lowest BCUT2D eigenvalue weighted by Crippen LogP contribution is -2.46. The zero-order valence-electron chi connectivity index (χ0n) is 12.7. The Morgan fingerprint density at radius 2 is 1.75 bits per heavy atom. The highest BCUT2D eigenvalue weighted by Gasteiger charge is 2.25. The van der Waals surface area contributed by atoms with E-state index in [1.807, 2.05) is 11.8 Å². The van der Waals surface area contributed by atoms with Crippen molar-refractivity contribution in [3.63, 3.8) is 0 Å². The minimum Gasteiger partial charge on any atom is -0.343 e. The minimum atomic E-state index is -3.15. The maximum atomic E-state index is 11.9. The molecule has 0 aromatic rings. The first-order chi connectivity index (χ1) is 9.48. The molecular formula is C14H28N2O3S. The summed E-state index contributed by atoms with van der Waals surface area (Å²) >= 11 is 0. The number of nitrogens with one attached hydrogen (secondary N) is 1. The van der Waals surface area contributed by atoms with Gasteiger partial charge in [0.1, 0.15) is 0 Å². The van der Waals surface area contributed by atoms with Gasteiger partial charge in [-0.25, -0.2) is 13.1 Å². The largest absolute Gasteiger partial charge is 0.343 e. The number of nitrogens with zero attached hydrogens (tertiary/aromatic N) is 1. The van der Waals surface area contributed by atoms with Crippen LogP contribution in [0.15, 0.2) is 0 Å². The predicted molar refractivity (Wildman–Crippen MR) is 81.0 cm³/mol. The van der Waals surface area contributed by atoms with Gasteiger partial charge in [-0.1, -0.05) is 26.7 Å². The first-order valence-electron chi connectivity index (χ1n) is 7.76. The van der Waals surface area contributed by atoms with Crippen molar-refractivity contribution < 1.29 is 13.2 Å². The molecule has 0 unspecified atom stereocenters. The second-order valence-electron chi connectivity index (χ2n) is 5.55. The third kappa shape index (κ3) is 6.22. The maximum absolute atomic E-state index is 11.9. The van der Waals surface area contributed by atoms with Gasteiger partial charge in [0.15, 0.2) is 0 Å². The molecule has 0 aliphatic carbocycles. The number of amides is 1. The summed E-state index contributed by atoms with van der Waals surface area (Å²) in [6.45, 7) is 5.40. The van der Waals surface area contributed by atoms with Crippen LogP contribution in [0.2, 0.25) is 0 Å². The molecule has 118 valence electrons. The molecule has 1 aliphatic rings. The number of piperidine rings is 1. The van der Waals surface area contributed by atoms with Gasteiger partial charge < -0.3 is 4.90 Å². The lowest BCUT2D eigenvalue weighted by atomic mass is 10.1. The van der Waals surface area contributed by atoms with Crippen molar-refractivity contribution >= 4 is 15.9 Å². The van der Waals surface area contributed by atoms with E-state index in [9.17, 15) is 13.2 Å². The molecule has 1 saturated heterocycles. The van der Waals surface area contributed by atoms with Gasteiger partial charge in [-0.2, -0.15) is 0 Å². The highest BCUT2D eigenvalue weighted by atomic mass is 32.2. The Hall–Kier alpha value is -0.620. The topological polar surface area (TPSA) is 66.5 Å². The van der Waals surface area contributed by atoms with E-state index in [2.05, 4.69) is 11.6 Å². The average molecular weight is 304 g/mol. The van der Waals surface area contributed by atoms with Crippen LogP contribution in [-0.4, -0.2) is 44.1 Å². The minimum absolute atomic E-state index is 0.00733. The predicted octanol–water partition coefficient (Wildman–Crippen LogP) is 1.89. The second-order valence-corrected chi connectivity index (χ2v) is 7.42. The van der Waals surface area contributed by atoms with Crippen molar-refractivity contribution in [2.75, 3.05) is 18.8 Å². The van der Waals surface area contributed by atoms with Gasteiger partial charge in [-0.3, -0.25) is 4.79 Å². The van der Waals surface area contributed by atoms with Crippen LogP contribution in [0.3, 0.4) is 0 Å². The van der Waals surface area contributed by atoms with Crippen molar-refractivity contribution in [3.05, 3.63) is 0 Å². The molecule has 1 fully saturated rings. The highest BCUT2D eigenvalue weighted by Crippen LogP contribution is 2.13. The number of carbonyl (C=O) groups is 1. The quantitative estimate of drug-likeness (QED) is 0.744. The van der Waals surface area contributed by atoms with E-state index in [-0.39, 0.29) is 17.7 Å². The molecule has 0 aromatic carbocycles. The van der Waals surface area contributed by atoms with Gasteiger partial charge in [0.2, 0.25) is 15.9 Å². The normalized spacial score (nSPS) is 17.4. The van der Waals surface area contributed by atoms with E-state index in [4.69, 9.17) is 0 Å². The lowest BCUT2D eigenvalue weighted by molar-refractivity contribution is -0.132.